The van der Waals surface area contributed by atoms with Crippen LogP contribution in [0.25, 0.3) is 10.1 Å². The molecule has 2 aromatic carbocycles. The molecule has 4 N–H and O–H groups in total. The van der Waals surface area contributed by atoms with Gasteiger partial charge < -0.3 is 25.2 Å². The number of hydrogen-bond acceptors (Lipinski definition) is 6. The number of hydrogen-bond donors (Lipinski definition) is 4. The molecule has 1 saturated heterocycles. The molecular formula is C21H21FO5S. The average molecular weight is 404 g/mol. The zero-order valence-corrected chi connectivity index (χ0v) is 15.7. The van der Waals surface area contributed by atoms with Crippen LogP contribution in [0.15, 0.2) is 48.5 Å². The second-order valence-electron chi connectivity index (χ2n) is 7.03. The smallest absolute Gasteiger partial charge is 0.126 e. The Labute approximate surface area is 165 Å². The molecule has 0 spiro atoms. The topological polar surface area (TPSA) is 90.2 Å². The van der Waals surface area contributed by atoms with E-state index in [0.29, 0.717) is 17.5 Å². The molecule has 1 aliphatic rings. The van der Waals surface area contributed by atoms with Crippen molar-refractivity contribution in [1.82, 2.24) is 0 Å². The highest BCUT2D eigenvalue weighted by molar-refractivity contribution is 7.19. The minimum Gasteiger partial charge on any atom is -0.394 e. The fourth-order valence-electron chi connectivity index (χ4n) is 3.60. The van der Waals surface area contributed by atoms with Gasteiger partial charge >= 0.3 is 0 Å². The first-order chi connectivity index (χ1) is 13.5. The van der Waals surface area contributed by atoms with Crippen molar-refractivity contribution in [2.24, 2.45) is 0 Å². The molecule has 1 aromatic heterocycles. The zero-order valence-electron chi connectivity index (χ0n) is 14.9. The summed E-state index contributed by atoms with van der Waals surface area (Å²) in [6, 6.07) is 14.4. The van der Waals surface area contributed by atoms with Crippen molar-refractivity contribution in [1.29, 1.82) is 0 Å². The van der Waals surface area contributed by atoms with Gasteiger partial charge in [-0.1, -0.05) is 24.3 Å². The SMILES string of the molecule is OC[C@@H]1O[C@H](c2ccc(F)c(Cc3cc4ccccc4s3)c2)[C@@H](O)[C@H](O)[C@H]1O. The Balaban J connectivity index is 1.63. The molecule has 4 rings (SSSR count). The Morgan fingerprint density at radius 1 is 0.964 bits per heavy atom. The highest BCUT2D eigenvalue weighted by Gasteiger charge is 2.44. The Morgan fingerprint density at radius 3 is 2.50 bits per heavy atom. The van der Waals surface area contributed by atoms with Crippen LogP contribution in [0.4, 0.5) is 4.39 Å². The third-order valence-corrected chi connectivity index (χ3v) is 6.25. The minimum atomic E-state index is -1.47. The maximum atomic E-state index is 14.4. The summed E-state index contributed by atoms with van der Waals surface area (Å²) < 4.78 is 21.1. The zero-order chi connectivity index (χ0) is 19.8. The van der Waals surface area contributed by atoms with Crippen molar-refractivity contribution in [2.75, 3.05) is 6.61 Å². The number of ether oxygens (including phenoxy) is 1. The number of thiophene rings is 1. The summed E-state index contributed by atoms with van der Waals surface area (Å²) in [7, 11) is 0. The van der Waals surface area contributed by atoms with Crippen molar-refractivity contribution in [3.8, 4) is 0 Å². The largest absolute Gasteiger partial charge is 0.394 e. The predicted octanol–water partition coefficient (Wildman–Crippen LogP) is 2.15. The van der Waals surface area contributed by atoms with Crippen LogP contribution in [0.5, 0.6) is 0 Å². The van der Waals surface area contributed by atoms with Gasteiger partial charge in [0.2, 0.25) is 0 Å². The molecule has 3 aromatic rings. The summed E-state index contributed by atoms with van der Waals surface area (Å²) in [4.78, 5) is 1.01. The lowest BCUT2D eigenvalue weighted by atomic mass is 9.90. The van der Waals surface area contributed by atoms with E-state index in [1.54, 1.807) is 17.4 Å². The summed E-state index contributed by atoms with van der Waals surface area (Å²) in [5.41, 5.74) is 0.926. The van der Waals surface area contributed by atoms with Crippen molar-refractivity contribution < 1.29 is 29.6 Å². The van der Waals surface area contributed by atoms with E-state index in [9.17, 15) is 24.8 Å². The van der Waals surface area contributed by atoms with E-state index in [4.69, 9.17) is 4.74 Å². The highest BCUT2D eigenvalue weighted by atomic mass is 32.1. The normalized spacial score (nSPS) is 28.0. The molecule has 2 heterocycles. The lowest BCUT2D eigenvalue weighted by Crippen LogP contribution is -2.55. The maximum Gasteiger partial charge on any atom is 0.126 e. The van der Waals surface area contributed by atoms with E-state index in [2.05, 4.69) is 0 Å². The van der Waals surface area contributed by atoms with Crippen LogP contribution in [0, 0.1) is 5.82 Å². The molecule has 5 atom stereocenters. The Bertz CT molecular complexity index is 939. The third-order valence-electron chi connectivity index (χ3n) is 5.13. The quantitative estimate of drug-likeness (QED) is 0.535. The van der Waals surface area contributed by atoms with E-state index in [-0.39, 0.29) is 5.82 Å². The molecule has 1 aliphatic heterocycles. The summed E-state index contributed by atoms with van der Waals surface area (Å²) in [6.45, 7) is -0.503. The molecule has 7 heteroatoms. The van der Waals surface area contributed by atoms with Gasteiger partial charge in [-0.15, -0.1) is 11.3 Å². The number of benzene rings is 2. The molecule has 0 radical (unpaired) electrons. The molecule has 0 amide bonds. The van der Waals surface area contributed by atoms with Crippen LogP contribution in [0.1, 0.15) is 22.1 Å². The first-order valence-electron chi connectivity index (χ1n) is 9.04. The lowest BCUT2D eigenvalue weighted by Gasteiger charge is -2.40. The van der Waals surface area contributed by atoms with Gasteiger partial charge in [0.25, 0.3) is 0 Å². The molecule has 0 unspecified atom stereocenters. The van der Waals surface area contributed by atoms with E-state index in [0.717, 1.165) is 15.0 Å². The van der Waals surface area contributed by atoms with Gasteiger partial charge in [0.15, 0.2) is 0 Å². The maximum absolute atomic E-state index is 14.4. The van der Waals surface area contributed by atoms with Gasteiger partial charge in [0, 0.05) is 16.0 Å². The summed E-state index contributed by atoms with van der Waals surface area (Å²) in [5, 5.41) is 40.7. The van der Waals surface area contributed by atoms with Crippen LogP contribution in [0.3, 0.4) is 0 Å². The molecule has 148 valence electrons. The van der Waals surface area contributed by atoms with Crippen molar-refractivity contribution >= 4 is 21.4 Å². The minimum absolute atomic E-state index is 0.370. The van der Waals surface area contributed by atoms with E-state index < -0.39 is 37.1 Å². The Kier molecular flexibility index (Phi) is 5.46. The fourth-order valence-corrected chi connectivity index (χ4v) is 4.68. The molecule has 1 fully saturated rings. The Hall–Kier alpha value is -1.87. The van der Waals surface area contributed by atoms with Gasteiger partial charge in [0.05, 0.1) is 6.61 Å². The van der Waals surface area contributed by atoms with Gasteiger partial charge in [0.1, 0.15) is 36.3 Å². The molecule has 0 aliphatic carbocycles. The predicted molar refractivity (Wildman–Crippen MR) is 104 cm³/mol. The second-order valence-corrected chi connectivity index (χ2v) is 8.20. The van der Waals surface area contributed by atoms with Crippen molar-refractivity contribution in [3.63, 3.8) is 0 Å². The van der Waals surface area contributed by atoms with Gasteiger partial charge in [-0.2, -0.15) is 0 Å². The van der Waals surface area contributed by atoms with E-state index in [1.165, 1.54) is 12.1 Å². The first kappa shape index (κ1) is 19.4. The average Bonchev–Trinajstić information content (AvgIpc) is 3.11. The fraction of sp³-hybridized carbons (Fsp3) is 0.333. The first-order valence-corrected chi connectivity index (χ1v) is 9.86. The molecule has 28 heavy (non-hydrogen) atoms. The van der Waals surface area contributed by atoms with Crippen molar-refractivity contribution in [3.05, 3.63) is 70.4 Å². The number of rotatable bonds is 4. The number of aliphatic hydroxyl groups is 4. The molecular weight excluding hydrogens is 383 g/mol. The van der Waals surface area contributed by atoms with Gasteiger partial charge in [-0.05, 0) is 40.8 Å². The molecule has 0 saturated carbocycles. The van der Waals surface area contributed by atoms with E-state index >= 15 is 0 Å². The lowest BCUT2D eigenvalue weighted by molar-refractivity contribution is -0.231. The highest BCUT2D eigenvalue weighted by Crippen LogP contribution is 2.34. The third kappa shape index (κ3) is 3.57. The van der Waals surface area contributed by atoms with Crippen molar-refractivity contribution in [2.45, 2.75) is 36.9 Å². The van der Waals surface area contributed by atoms with Gasteiger partial charge in [-0.3, -0.25) is 0 Å². The van der Waals surface area contributed by atoms with Crippen LogP contribution in [-0.2, 0) is 11.2 Å². The number of halogens is 1. The van der Waals surface area contributed by atoms with Crippen LogP contribution >= 0.6 is 11.3 Å². The molecule has 0 bridgehead atoms. The van der Waals surface area contributed by atoms with Crippen LogP contribution < -0.4 is 0 Å². The van der Waals surface area contributed by atoms with E-state index in [1.807, 2.05) is 30.3 Å². The monoisotopic (exact) mass is 404 g/mol. The molecule has 5 nitrogen and oxygen atoms in total. The second kappa shape index (κ2) is 7.87. The number of aliphatic hydroxyl groups excluding tert-OH is 4. The summed E-state index contributed by atoms with van der Waals surface area (Å²) in [6.07, 6.45) is -5.87. The summed E-state index contributed by atoms with van der Waals surface area (Å²) in [5.74, 6) is -0.370. The van der Waals surface area contributed by atoms with Crippen LogP contribution in [-0.4, -0.2) is 51.4 Å². The summed E-state index contributed by atoms with van der Waals surface area (Å²) >= 11 is 1.59. The standard InChI is InChI=1S/C21H21FO5S/c22-15-6-5-12(21-20(26)19(25)18(24)16(10-23)27-21)7-13(15)9-14-8-11-3-1-2-4-17(11)28-14/h1-8,16,18-21,23-26H,9-10H2/t16-,18-,19+,20-,21+/m0/s1. The van der Waals surface area contributed by atoms with Crippen LogP contribution in [0.2, 0.25) is 0 Å². The number of fused-ring (bicyclic) bond motifs is 1. The Morgan fingerprint density at radius 2 is 1.75 bits per heavy atom. The van der Waals surface area contributed by atoms with Gasteiger partial charge in [-0.25, -0.2) is 4.39 Å².